The van der Waals surface area contributed by atoms with Gasteiger partial charge in [-0.25, -0.2) is 4.57 Å². The molecule has 3 rings (SSSR count). The largest absolute Gasteiger partial charge is 0.552 e. The Kier molecular flexibility index (Phi) is 7.22. The quantitative estimate of drug-likeness (QED) is 0.182. The van der Waals surface area contributed by atoms with Gasteiger partial charge in [0.15, 0.2) is 0 Å². The second-order valence-electron chi connectivity index (χ2n) is 6.32. The van der Waals surface area contributed by atoms with E-state index in [1.165, 1.54) is 4.67 Å². The van der Waals surface area contributed by atoms with E-state index >= 15 is 0 Å². The van der Waals surface area contributed by atoms with E-state index in [0.29, 0.717) is 22.9 Å². The maximum Gasteiger partial charge on any atom is 0.552 e. The third-order valence-electron chi connectivity index (χ3n) is 3.65. The number of para-hydroxylation sites is 3. The van der Waals surface area contributed by atoms with Crippen molar-refractivity contribution in [1.29, 1.82) is 0 Å². The number of hydrogen-bond donors (Lipinski definition) is 0. The molecule has 30 heavy (non-hydrogen) atoms. The lowest BCUT2D eigenvalue weighted by atomic mass is 10.3. The molecule has 0 N–H and O–H groups in total. The average molecular weight is 440 g/mol. The monoisotopic (exact) mass is 440 g/mol. The maximum absolute atomic E-state index is 14.2. The van der Waals surface area contributed by atoms with Crippen molar-refractivity contribution in [3.63, 3.8) is 0 Å². The van der Waals surface area contributed by atoms with Gasteiger partial charge in [0.1, 0.15) is 11.5 Å². The molecule has 0 saturated heterocycles. The van der Waals surface area contributed by atoms with E-state index in [0.717, 1.165) is 0 Å². The molecule has 0 aromatic heterocycles. The fraction of sp³-hybridized carbons (Fsp3) is 0.0909. The third kappa shape index (κ3) is 5.69. The van der Waals surface area contributed by atoms with Gasteiger partial charge in [-0.15, -0.1) is 0 Å². The molecule has 0 aliphatic carbocycles. The Morgan fingerprint density at radius 3 is 1.67 bits per heavy atom. The predicted molar refractivity (Wildman–Crippen MR) is 123 cm³/mol. The Hall–Kier alpha value is -3.15. The standard InChI is InChI=1S/C22H21N2O4PS/c1-18(2)23-26-22(30)24(19-12-6-3-7-13-19)29(25,27-20-14-8-4-9-15-20)28-21-16-10-5-11-17-21/h3-17H,1-2H3. The summed E-state index contributed by atoms with van der Waals surface area (Å²) >= 11 is 5.42. The van der Waals surface area contributed by atoms with E-state index in [4.69, 9.17) is 26.1 Å². The summed E-state index contributed by atoms with van der Waals surface area (Å²) < 4.78 is 27.2. The summed E-state index contributed by atoms with van der Waals surface area (Å²) in [7, 11) is -4.11. The van der Waals surface area contributed by atoms with Crippen LogP contribution in [0, 0.1) is 0 Å². The van der Waals surface area contributed by atoms with E-state index in [-0.39, 0.29) is 5.17 Å². The van der Waals surface area contributed by atoms with Crippen LogP contribution < -0.4 is 13.7 Å². The van der Waals surface area contributed by atoms with Crippen LogP contribution in [0.3, 0.4) is 0 Å². The zero-order chi connectivity index (χ0) is 21.4. The molecule has 0 aliphatic heterocycles. The van der Waals surface area contributed by atoms with Gasteiger partial charge in [-0.2, -0.15) is 4.67 Å². The van der Waals surface area contributed by atoms with Gasteiger partial charge in [-0.3, -0.25) is 0 Å². The Morgan fingerprint density at radius 2 is 1.23 bits per heavy atom. The van der Waals surface area contributed by atoms with Crippen LogP contribution in [0.2, 0.25) is 0 Å². The molecule has 0 unspecified atom stereocenters. The molecule has 8 heteroatoms. The van der Waals surface area contributed by atoms with Crippen LogP contribution in [0.4, 0.5) is 5.69 Å². The smallest absolute Gasteiger partial charge is 0.400 e. The highest BCUT2D eigenvalue weighted by atomic mass is 32.1. The fourth-order valence-corrected chi connectivity index (χ4v) is 4.49. The van der Waals surface area contributed by atoms with Crippen molar-refractivity contribution in [2.24, 2.45) is 5.16 Å². The van der Waals surface area contributed by atoms with Crippen molar-refractivity contribution in [2.45, 2.75) is 13.8 Å². The van der Waals surface area contributed by atoms with Gasteiger partial charge >= 0.3 is 12.9 Å². The molecule has 0 heterocycles. The van der Waals surface area contributed by atoms with Crippen molar-refractivity contribution in [3.8, 4) is 11.5 Å². The minimum Gasteiger partial charge on any atom is -0.400 e. The van der Waals surface area contributed by atoms with Gasteiger partial charge in [0.05, 0.1) is 11.4 Å². The van der Waals surface area contributed by atoms with Gasteiger partial charge in [0, 0.05) is 0 Å². The Morgan fingerprint density at radius 1 is 0.800 bits per heavy atom. The number of thiocarbonyl (C=S) groups is 1. The summed E-state index contributed by atoms with van der Waals surface area (Å²) in [5.74, 6) is 0.714. The van der Waals surface area contributed by atoms with Crippen molar-refractivity contribution >= 4 is 36.5 Å². The zero-order valence-electron chi connectivity index (χ0n) is 16.5. The summed E-state index contributed by atoms with van der Waals surface area (Å²) in [6, 6.07) is 26.3. The zero-order valence-corrected chi connectivity index (χ0v) is 18.3. The lowest BCUT2D eigenvalue weighted by Crippen LogP contribution is -2.31. The number of oxime groups is 1. The minimum atomic E-state index is -4.11. The highest BCUT2D eigenvalue weighted by Crippen LogP contribution is 2.54. The SMILES string of the molecule is CC(C)=NOC(=S)N(c1ccccc1)P(=O)(Oc1ccccc1)Oc1ccccc1. The molecule has 0 aliphatic rings. The van der Waals surface area contributed by atoms with Gasteiger partial charge < -0.3 is 13.9 Å². The van der Waals surface area contributed by atoms with Gasteiger partial charge in [-0.05, 0) is 62.5 Å². The van der Waals surface area contributed by atoms with Crippen molar-refractivity contribution in [1.82, 2.24) is 0 Å². The number of rotatable bonds is 7. The molecule has 3 aromatic carbocycles. The van der Waals surface area contributed by atoms with Crippen molar-refractivity contribution in [2.75, 3.05) is 4.67 Å². The lowest BCUT2D eigenvalue weighted by molar-refractivity contribution is 0.325. The predicted octanol–water partition coefficient (Wildman–Crippen LogP) is 6.46. The van der Waals surface area contributed by atoms with Crippen molar-refractivity contribution in [3.05, 3.63) is 91.0 Å². The van der Waals surface area contributed by atoms with E-state index < -0.39 is 7.75 Å². The summed E-state index contributed by atoms with van der Waals surface area (Å²) in [6.45, 7) is 3.52. The first kappa shape index (κ1) is 21.6. The second kappa shape index (κ2) is 10.1. The van der Waals surface area contributed by atoms with Crippen LogP contribution in [0.1, 0.15) is 13.8 Å². The average Bonchev–Trinajstić information content (AvgIpc) is 2.74. The number of benzene rings is 3. The summed E-state index contributed by atoms with van der Waals surface area (Å²) in [5, 5.41) is 3.73. The van der Waals surface area contributed by atoms with Crippen LogP contribution in [0.15, 0.2) is 96.2 Å². The third-order valence-corrected chi connectivity index (χ3v) is 5.83. The van der Waals surface area contributed by atoms with Crippen LogP contribution in [-0.4, -0.2) is 10.9 Å². The minimum absolute atomic E-state index is 0.169. The lowest BCUT2D eigenvalue weighted by Gasteiger charge is -2.30. The molecule has 0 atom stereocenters. The number of nitrogens with zero attached hydrogens (tertiary/aromatic N) is 2. The highest BCUT2D eigenvalue weighted by molar-refractivity contribution is 7.81. The number of anilines is 1. The summed E-state index contributed by atoms with van der Waals surface area (Å²) in [6.07, 6.45) is 0. The Balaban J connectivity index is 2.08. The van der Waals surface area contributed by atoms with Crippen LogP contribution in [0.5, 0.6) is 11.5 Å². The molecule has 0 radical (unpaired) electrons. The molecular formula is C22H21N2O4PS. The maximum atomic E-state index is 14.2. The van der Waals surface area contributed by atoms with Crippen LogP contribution in [-0.2, 0) is 9.40 Å². The molecule has 0 spiro atoms. The first-order valence-electron chi connectivity index (χ1n) is 9.15. The van der Waals surface area contributed by atoms with E-state index in [1.54, 1.807) is 86.6 Å². The Labute approximate surface area is 181 Å². The van der Waals surface area contributed by atoms with Gasteiger partial charge in [-0.1, -0.05) is 59.8 Å². The molecule has 154 valence electrons. The van der Waals surface area contributed by atoms with E-state index in [2.05, 4.69) is 5.16 Å². The van der Waals surface area contributed by atoms with Crippen LogP contribution >= 0.6 is 20.0 Å². The number of hydrogen-bond acceptors (Lipinski definition) is 6. The highest BCUT2D eigenvalue weighted by Gasteiger charge is 2.42. The first-order valence-corrected chi connectivity index (χ1v) is 11.1. The molecule has 0 saturated carbocycles. The van der Waals surface area contributed by atoms with Gasteiger partial charge in [0.25, 0.3) is 0 Å². The molecule has 3 aromatic rings. The molecule has 0 amide bonds. The topological polar surface area (TPSA) is 60.4 Å². The molecule has 0 bridgehead atoms. The fourth-order valence-electron chi connectivity index (χ4n) is 2.41. The Bertz CT molecular complexity index is 997. The molecule has 0 fully saturated rings. The van der Waals surface area contributed by atoms with Crippen LogP contribution in [0.25, 0.3) is 0 Å². The normalized spacial score (nSPS) is 10.6. The summed E-state index contributed by atoms with van der Waals surface area (Å²) in [4.78, 5) is 5.35. The molecular weight excluding hydrogens is 419 g/mol. The molecule has 6 nitrogen and oxygen atoms in total. The first-order chi connectivity index (χ1) is 14.5. The van der Waals surface area contributed by atoms with E-state index in [1.807, 2.05) is 18.2 Å². The van der Waals surface area contributed by atoms with E-state index in [9.17, 15) is 4.57 Å². The summed E-state index contributed by atoms with van der Waals surface area (Å²) in [5.41, 5.74) is 1.12. The van der Waals surface area contributed by atoms with Gasteiger partial charge in [0.2, 0.25) is 0 Å². The van der Waals surface area contributed by atoms with Crippen molar-refractivity contribution < 1.29 is 18.5 Å². The second-order valence-corrected chi connectivity index (χ2v) is 8.37.